The van der Waals surface area contributed by atoms with Crippen molar-refractivity contribution in [1.82, 2.24) is 15.5 Å². The van der Waals surface area contributed by atoms with Crippen LogP contribution < -0.4 is 10.2 Å². The normalized spacial score (nSPS) is 12.9. The van der Waals surface area contributed by atoms with Gasteiger partial charge in [-0.2, -0.15) is 4.98 Å². The Balaban J connectivity index is 2.57. The molecule has 0 radical (unpaired) electrons. The summed E-state index contributed by atoms with van der Waals surface area (Å²) >= 11 is 0. The summed E-state index contributed by atoms with van der Waals surface area (Å²) < 4.78 is 5.14. The second-order valence-corrected chi connectivity index (χ2v) is 3.54. The highest BCUT2D eigenvalue weighted by Crippen LogP contribution is 2.14. The van der Waals surface area contributed by atoms with Crippen LogP contribution in [0.3, 0.4) is 0 Å². The van der Waals surface area contributed by atoms with Crippen molar-refractivity contribution in [2.24, 2.45) is 0 Å². The molecule has 1 atom stereocenters. The standard InChI is InChI=1S/C9H18N4O/c1-5-10-6-7(2)8-11-9(12-14-8)13(3)4/h7,10H,5-6H2,1-4H3. The Labute approximate surface area is 84.5 Å². The smallest absolute Gasteiger partial charge is 0.265 e. The number of hydrogen-bond acceptors (Lipinski definition) is 5. The Kier molecular flexibility index (Phi) is 3.88. The summed E-state index contributed by atoms with van der Waals surface area (Å²) in [5.41, 5.74) is 0. The van der Waals surface area contributed by atoms with Crippen molar-refractivity contribution in [3.8, 4) is 0 Å². The Morgan fingerprint density at radius 2 is 2.21 bits per heavy atom. The lowest BCUT2D eigenvalue weighted by molar-refractivity contribution is 0.355. The maximum atomic E-state index is 5.14. The van der Waals surface area contributed by atoms with E-state index >= 15 is 0 Å². The lowest BCUT2D eigenvalue weighted by atomic mass is 10.2. The fourth-order valence-corrected chi connectivity index (χ4v) is 1.06. The molecule has 1 aromatic rings. The highest BCUT2D eigenvalue weighted by atomic mass is 16.5. The topological polar surface area (TPSA) is 54.2 Å². The first-order chi connectivity index (χ1) is 6.65. The molecule has 0 fully saturated rings. The molecule has 0 aliphatic rings. The van der Waals surface area contributed by atoms with Crippen molar-refractivity contribution in [3.63, 3.8) is 0 Å². The van der Waals surface area contributed by atoms with Crippen LogP contribution >= 0.6 is 0 Å². The monoisotopic (exact) mass is 198 g/mol. The van der Waals surface area contributed by atoms with Gasteiger partial charge in [0.2, 0.25) is 5.89 Å². The summed E-state index contributed by atoms with van der Waals surface area (Å²) in [5.74, 6) is 1.58. The number of aromatic nitrogens is 2. The zero-order chi connectivity index (χ0) is 10.6. The minimum atomic E-state index is 0.260. The van der Waals surface area contributed by atoms with Crippen molar-refractivity contribution in [1.29, 1.82) is 0 Å². The van der Waals surface area contributed by atoms with E-state index in [0.29, 0.717) is 11.8 Å². The first-order valence-electron chi connectivity index (χ1n) is 4.86. The van der Waals surface area contributed by atoms with E-state index in [9.17, 15) is 0 Å². The van der Waals surface area contributed by atoms with Gasteiger partial charge in [0, 0.05) is 26.6 Å². The maximum absolute atomic E-state index is 5.14. The lowest BCUT2D eigenvalue weighted by Crippen LogP contribution is -2.19. The van der Waals surface area contributed by atoms with E-state index in [4.69, 9.17) is 4.52 Å². The molecule has 0 saturated carbocycles. The summed E-state index contributed by atoms with van der Waals surface area (Å²) in [7, 11) is 3.78. The van der Waals surface area contributed by atoms with Crippen LogP contribution in [0.5, 0.6) is 0 Å². The molecule has 0 saturated heterocycles. The molecule has 0 aliphatic carbocycles. The van der Waals surface area contributed by atoms with Gasteiger partial charge in [-0.25, -0.2) is 0 Å². The van der Waals surface area contributed by atoms with E-state index in [0.717, 1.165) is 13.1 Å². The van der Waals surface area contributed by atoms with Gasteiger partial charge >= 0.3 is 0 Å². The zero-order valence-electron chi connectivity index (χ0n) is 9.24. The van der Waals surface area contributed by atoms with E-state index in [1.807, 2.05) is 19.0 Å². The number of rotatable bonds is 5. The Hall–Kier alpha value is -1.10. The van der Waals surface area contributed by atoms with Gasteiger partial charge in [0.15, 0.2) is 0 Å². The molecule has 1 unspecified atom stereocenters. The molecule has 0 aliphatic heterocycles. The van der Waals surface area contributed by atoms with Gasteiger partial charge in [0.05, 0.1) is 0 Å². The van der Waals surface area contributed by atoms with Crippen LogP contribution in [0.2, 0.25) is 0 Å². The fourth-order valence-electron chi connectivity index (χ4n) is 1.06. The quantitative estimate of drug-likeness (QED) is 0.760. The van der Waals surface area contributed by atoms with Crippen LogP contribution in [0.15, 0.2) is 4.52 Å². The van der Waals surface area contributed by atoms with Crippen LogP contribution in [0, 0.1) is 0 Å². The third kappa shape index (κ3) is 2.70. The third-order valence-electron chi connectivity index (χ3n) is 1.95. The number of nitrogens with zero attached hydrogens (tertiary/aromatic N) is 3. The molecule has 5 heteroatoms. The summed E-state index contributed by atoms with van der Waals surface area (Å²) in [4.78, 5) is 6.10. The molecule has 1 rings (SSSR count). The van der Waals surface area contributed by atoms with Gasteiger partial charge in [-0.1, -0.05) is 13.8 Å². The van der Waals surface area contributed by atoms with Gasteiger partial charge in [-0.3, -0.25) is 0 Å². The first kappa shape index (κ1) is 11.0. The number of hydrogen-bond donors (Lipinski definition) is 1. The highest BCUT2D eigenvalue weighted by molar-refractivity contribution is 5.24. The van der Waals surface area contributed by atoms with Crippen LogP contribution in [-0.4, -0.2) is 37.3 Å². The Morgan fingerprint density at radius 1 is 1.50 bits per heavy atom. The largest absolute Gasteiger partial charge is 0.344 e. The third-order valence-corrected chi connectivity index (χ3v) is 1.95. The SMILES string of the molecule is CCNCC(C)c1nc(N(C)C)no1. The first-order valence-corrected chi connectivity index (χ1v) is 4.86. The molecule has 0 amide bonds. The summed E-state index contributed by atoms with van der Waals surface area (Å²) in [6, 6.07) is 0. The van der Waals surface area contributed by atoms with E-state index in [-0.39, 0.29) is 5.92 Å². The molecule has 0 bridgehead atoms. The van der Waals surface area contributed by atoms with Crippen molar-refractivity contribution >= 4 is 5.95 Å². The fraction of sp³-hybridized carbons (Fsp3) is 0.778. The van der Waals surface area contributed by atoms with Gasteiger partial charge < -0.3 is 14.7 Å². The molecule has 5 nitrogen and oxygen atoms in total. The van der Waals surface area contributed by atoms with E-state index in [1.165, 1.54) is 0 Å². The molecule has 1 N–H and O–H groups in total. The van der Waals surface area contributed by atoms with Crippen LogP contribution in [0.4, 0.5) is 5.95 Å². The molecule has 0 spiro atoms. The summed E-state index contributed by atoms with van der Waals surface area (Å²) in [6.45, 7) is 5.96. The summed E-state index contributed by atoms with van der Waals surface area (Å²) in [5, 5.41) is 7.10. The summed E-state index contributed by atoms with van der Waals surface area (Å²) in [6.07, 6.45) is 0. The minimum Gasteiger partial charge on any atom is -0.344 e. The Morgan fingerprint density at radius 3 is 2.71 bits per heavy atom. The predicted octanol–water partition coefficient (Wildman–Crippen LogP) is 0.849. The molecular weight excluding hydrogens is 180 g/mol. The lowest BCUT2D eigenvalue weighted by Gasteiger charge is -2.06. The van der Waals surface area contributed by atoms with Gasteiger partial charge in [0.1, 0.15) is 0 Å². The highest BCUT2D eigenvalue weighted by Gasteiger charge is 2.14. The number of nitrogens with one attached hydrogen (secondary N) is 1. The van der Waals surface area contributed by atoms with Crippen molar-refractivity contribution in [2.75, 3.05) is 32.1 Å². The van der Waals surface area contributed by atoms with Crippen LogP contribution in [0.25, 0.3) is 0 Å². The van der Waals surface area contributed by atoms with Crippen molar-refractivity contribution in [3.05, 3.63) is 5.89 Å². The second kappa shape index (κ2) is 4.95. The molecular formula is C9H18N4O. The number of likely N-dealkylation sites (N-methyl/N-ethyl adjacent to an activating group) is 1. The van der Waals surface area contributed by atoms with Crippen LogP contribution in [0.1, 0.15) is 25.7 Å². The van der Waals surface area contributed by atoms with E-state index in [1.54, 1.807) is 0 Å². The van der Waals surface area contributed by atoms with Crippen molar-refractivity contribution < 1.29 is 4.52 Å². The molecule has 14 heavy (non-hydrogen) atoms. The molecule has 1 heterocycles. The van der Waals surface area contributed by atoms with E-state index in [2.05, 4.69) is 29.3 Å². The molecule has 1 aromatic heterocycles. The predicted molar refractivity (Wildman–Crippen MR) is 55.6 cm³/mol. The zero-order valence-corrected chi connectivity index (χ0v) is 9.24. The molecule has 80 valence electrons. The van der Waals surface area contributed by atoms with Crippen molar-refractivity contribution in [2.45, 2.75) is 19.8 Å². The van der Waals surface area contributed by atoms with E-state index < -0.39 is 0 Å². The average molecular weight is 198 g/mol. The molecule has 0 aromatic carbocycles. The maximum Gasteiger partial charge on any atom is 0.265 e. The number of anilines is 1. The second-order valence-electron chi connectivity index (χ2n) is 3.54. The Bertz CT molecular complexity index is 272. The van der Waals surface area contributed by atoms with Gasteiger partial charge in [-0.15, -0.1) is 0 Å². The van der Waals surface area contributed by atoms with Gasteiger partial charge in [0.25, 0.3) is 5.95 Å². The van der Waals surface area contributed by atoms with Crippen LogP contribution in [-0.2, 0) is 0 Å². The minimum absolute atomic E-state index is 0.260. The average Bonchev–Trinajstić information content (AvgIpc) is 2.62. The van der Waals surface area contributed by atoms with Gasteiger partial charge in [-0.05, 0) is 11.7 Å².